The quantitative estimate of drug-likeness (QED) is 0.558. The Hall–Kier alpha value is -2.25. The van der Waals surface area contributed by atoms with Gasteiger partial charge in [-0.25, -0.2) is 4.98 Å². The van der Waals surface area contributed by atoms with Crippen LogP contribution < -0.4 is 5.32 Å². The Labute approximate surface area is 192 Å². The highest BCUT2D eigenvalue weighted by molar-refractivity contribution is 7.09. The summed E-state index contributed by atoms with van der Waals surface area (Å²) in [7, 11) is 0. The van der Waals surface area contributed by atoms with E-state index in [-0.39, 0.29) is 18.4 Å². The Morgan fingerprint density at radius 3 is 2.87 bits per heavy atom. The maximum Gasteiger partial charge on any atom is 0.226 e. The SMILES string of the molecule is O=C(Cc1csc(Cc2cccc(Cl)c2)n1)NCC1CN(Cc2ccccc2)CCO1. The molecule has 0 saturated carbocycles. The molecular weight excluding hydrogens is 430 g/mol. The maximum atomic E-state index is 12.4. The summed E-state index contributed by atoms with van der Waals surface area (Å²) in [4.78, 5) is 19.4. The molecule has 4 rings (SSSR count). The molecule has 1 fully saturated rings. The highest BCUT2D eigenvalue weighted by Crippen LogP contribution is 2.18. The number of carbonyl (C=O) groups excluding carboxylic acids is 1. The van der Waals surface area contributed by atoms with Gasteiger partial charge in [0.25, 0.3) is 0 Å². The third kappa shape index (κ3) is 6.87. The van der Waals surface area contributed by atoms with E-state index < -0.39 is 0 Å². The number of rotatable bonds is 8. The fourth-order valence-electron chi connectivity index (χ4n) is 3.68. The molecule has 0 spiro atoms. The molecule has 0 radical (unpaired) electrons. The Bertz CT molecular complexity index is 995. The second kappa shape index (κ2) is 10.9. The van der Waals surface area contributed by atoms with Gasteiger partial charge in [-0.05, 0) is 23.3 Å². The monoisotopic (exact) mass is 455 g/mol. The van der Waals surface area contributed by atoms with Crippen molar-refractivity contribution in [3.05, 3.63) is 86.8 Å². The highest BCUT2D eigenvalue weighted by atomic mass is 35.5. The van der Waals surface area contributed by atoms with E-state index in [9.17, 15) is 4.79 Å². The zero-order chi connectivity index (χ0) is 21.5. The van der Waals surface area contributed by atoms with Gasteiger partial charge in [0.15, 0.2) is 0 Å². The van der Waals surface area contributed by atoms with Crippen molar-refractivity contribution in [1.82, 2.24) is 15.2 Å². The molecule has 1 aliphatic heterocycles. The number of hydrogen-bond donors (Lipinski definition) is 1. The third-order valence-electron chi connectivity index (χ3n) is 5.18. The van der Waals surface area contributed by atoms with Crippen LogP contribution in [-0.4, -0.2) is 48.1 Å². The van der Waals surface area contributed by atoms with Gasteiger partial charge in [-0.2, -0.15) is 0 Å². The Morgan fingerprint density at radius 2 is 2.03 bits per heavy atom. The molecule has 31 heavy (non-hydrogen) atoms. The minimum atomic E-state index is -0.0246. The van der Waals surface area contributed by atoms with Crippen LogP contribution >= 0.6 is 22.9 Å². The van der Waals surface area contributed by atoms with Crippen LogP contribution in [0.3, 0.4) is 0 Å². The lowest BCUT2D eigenvalue weighted by atomic mass is 10.2. The molecule has 3 aromatic rings. The number of carbonyl (C=O) groups is 1. The second-order valence-electron chi connectivity index (χ2n) is 7.73. The number of morpholine rings is 1. The van der Waals surface area contributed by atoms with Crippen molar-refractivity contribution in [1.29, 1.82) is 0 Å². The van der Waals surface area contributed by atoms with Crippen molar-refractivity contribution >= 4 is 28.8 Å². The first-order valence-electron chi connectivity index (χ1n) is 10.5. The first-order chi connectivity index (χ1) is 15.1. The van der Waals surface area contributed by atoms with Crippen LogP contribution in [0.25, 0.3) is 0 Å². The van der Waals surface area contributed by atoms with Crippen LogP contribution in [0.2, 0.25) is 5.02 Å². The number of aromatic nitrogens is 1. The molecule has 2 heterocycles. The zero-order valence-electron chi connectivity index (χ0n) is 17.3. The van der Waals surface area contributed by atoms with E-state index in [2.05, 4.69) is 39.5 Å². The lowest BCUT2D eigenvalue weighted by Gasteiger charge is -2.33. The average Bonchev–Trinajstić information content (AvgIpc) is 3.20. The van der Waals surface area contributed by atoms with Crippen LogP contribution in [0.5, 0.6) is 0 Å². The van der Waals surface area contributed by atoms with Gasteiger partial charge in [0.1, 0.15) is 0 Å². The first kappa shape index (κ1) is 22.0. The molecule has 5 nitrogen and oxygen atoms in total. The standard InChI is InChI=1S/C24H26ClN3O2S/c25-20-8-4-7-19(11-20)12-24-27-21(17-31-24)13-23(29)26-14-22-16-28(9-10-30-22)15-18-5-2-1-3-6-18/h1-8,11,17,22H,9-10,12-16H2,(H,26,29). The van der Waals surface area contributed by atoms with E-state index in [1.165, 1.54) is 5.56 Å². The molecule has 1 aromatic heterocycles. The van der Waals surface area contributed by atoms with Crippen molar-refractivity contribution in [2.45, 2.75) is 25.5 Å². The highest BCUT2D eigenvalue weighted by Gasteiger charge is 2.21. The van der Waals surface area contributed by atoms with E-state index in [0.717, 1.165) is 47.3 Å². The van der Waals surface area contributed by atoms with Crippen molar-refractivity contribution in [2.75, 3.05) is 26.2 Å². The second-order valence-corrected chi connectivity index (χ2v) is 9.11. The summed E-state index contributed by atoms with van der Waals surface area (Å²) in [5, 5.41) is 6.67. The van der Waals surface area contributed by atoms with E-state index in [4.69, 9.17) is 16.3 Å². The first-order valence-corrected chi connectivity index (χ1v) is 11.7. The van der Waals surface area contributed by atoms with Crippen LogP contribution in [0.4, 0.5) is 0 Å². The van der Waals surface area contributed by atoms with Gasteiger partial charge in [0.2, 0.25) is 5.91 Å². The third-order valence-corrected chi connectivity index (χ3v) is 6.32. The van der Waals surface area contributed by atoms with Gasteiger partial charge in [-0.1, -0.05) is 54.1 Å². The van der Waals surface area contributed by atoms with E-state index in [1.54, 1.807) is 11.3 Å². The molecule has 0 bridgehead atoms. The zero-order valence-corrected chi connectivity index (χ0v) is 18.9. The number of benzene rings is 2. The molecule has 7 heteroatoms. The lowest BCUT2D eigenvalue weighted by molar-refractivity contribution is -0.121. The van der Waals surface area contributed by atoms with Gasteiger partial charge >= 0.3 is 0 Å². The van der Waals surface area contributed by atoms with Crippen molar-refractivity contribution in [3.8, 4) is 0 Å². The summed E-state index contributed by atoms with van der Waals surface area (Å²) in [5.74, 6) is -0.0246. The van der Waals surface area contributed by atoms with Crippen molar-refractivity contribution in [2.24, 2.45) is 0 Å². The summed E-state index contributed by atoms with van der Waals surface area (Å²) in [5.41, 5.74) is 3.21. The van der Waals surface area contributed by atoms with Gasteiger partial charge in [-0.3, -0.25) is 9.69 Å². The Balaban J connectivity index is 1.21. The predicted octanol–water partition coefficient (Wildman–Crippen LogP) is 3.95. The largest absolute Gasteiger partial charge is 0.374 e. The molecular formula is C24H26ClN3O2S. The average molecular weight is 456 g/mol. The molecule has 1 saturated heterocycles. The molecule has 1 atom stereocenters. The van der Waals surface area contributed by atoms with Gasteiger partial charge in [0.05, 0.1) is 29.8 Å². The van der Waals surface area contributed by atoms with E-state index >= 15 is 0 Å². The maximum absolute atomic E-state index is 12.4. The van der Waals surface area contributed by atoms with Gasteiger partial charge < -0.3 is 10.1 Å². The van der Waals surface area contributed by atoms with E-state index in [1.807, 2.05) is 35.7 Å². The number of thiazole rings is 1. The van der Waals surface area contributed by atoms with E-state index in [0.29, 0.717) is 13.2 Å². The molecule has 1 aliphatic rings. The molecule has 2 aromatic carbocycles. The molecule has 1 N–H and O–H groups in total. The number of amides is 1. The molecule has 162 valence electrons. The molecule has 1 amide bonds. The minimum Gasteiger partial charge on any atom is -0.374 e. The fraction of sp³-hybridized carbons (Fsp3) is 0.333. The summed E-state index contributed by atoms with van der Waals surface area (Å²) in [6.45, 7) is 3.84. The van der Waals surface area contributed by atoms with Crippen LogP contribution in [0.1, 0.15) is 21.8 Å². The van der Waals surface area contributed by atoms with Gasteiger partial charge in [-0.15, -0.1) is 11.3 Å². The summed E-state index contributed by atoms with van der Waals surface area (Å²) in [6, 6.07) is 18.2. The summed E-state index contributed by atoms with van der Waals surface area (Å²) >= 11 is 7.62. The lowest BCUT2D eigenvalue weighted by Crippen LogP contribution is -2.47. The van der Waals surface area contributed by atoms with Crippen LogP contribution in [-0.2, 0) is 28.9 Å². The van der Waals surface area contributed by atoms with Crippen LogP contribution in [0, 0.1) is 0 Å². The number of halogens is 1. The summed E-state index contributed by atoms with van der Waals surface area (Å²) < 4.78 is 5.85. The number of nitrogens with zero attached hydrogens (tertiary/aromatic N) is 2. The Morgan fingerprint density at radius 1 is 1.19 bits per heavy atom. The predicted molar refractivity (Wildman–Crippen MR) is 125 cm³/mol. The smallest absolute Gasteiger partial charge is 0.226 e. The Kier molecular flexibility index (Phi) is 7.70. The normalized spacial score (nSPS) is 16.9. The van der Waals surface area contributed by atoms with Crippen LogP contribution in [0.15, 0.2) is 60.0 Å². The van der Waals surface area contributed by atoms with Crippen molar-refractivity contribution in [3.63, 3.8) is 0 Å². The molecule has 0 aliphatic carbocycles. The molecule has 1 unspecified atom stereocenters. The number of ether oxygens (including phenoxy) is 1. The van der Waals surface area contributed by atoms with Gasteiger partial charge in [0, 0.05) is 43.0 Å². The summed E-state index contributed by atoms with van der Waals surface area (Å²) in [6.07, 6.45) is 1.02. The minimum absolute atomic E-state index is 0.00948. The number of nitrogens with one attached hydrogen (secondary N) is 1. The number of hydrogen-bond acceptors (Lipinski definition) is 5. The topological polar surface area (TPSA) is 54.5 Å². The van der Waals surface area contributed by atoms with Crippen molar-refractivity contribution < 1.29 is 9.53 Å². The fourth-order valence-corrected chi connectivity index (χ4v) is 4.72.